The summed E-state index contributed by atoms with van der Waals surface area (Å²) < 4.78 is 11.5. The number of pyridine rings is 1. The van der Waals surface area contributed by atoms with E-state index < -0.39 is 0 Å². The molecule has 1 aliphatic heterocycles. The maximum Gasteiger partial charge on any atom is 0.161 e. The third kappa shape index (κ3) is 3.43. The SMILES string of the molecule is COc1ccccc1O[C@H]1CCCN(c2ccc(C#N)c(C)n2)C1. The van der Waals surface area contributed by atoms with E-state index in [0.717, 1.165) is 48.9 Å². The monoisotopic (exact) mass is 323 g/mol. The van der Waals surface area contributed by atoms with Crippen molar-refractivity contribution in [3.63, 3.8) is 0 Å². The highest BCUT2D eigenvalue weighted by Gasteiger charge is 2.23. The number of ether oxygens (including phenoxy) is 2. The van der Waals surface area contributed by atoms with E-state index in [1.165, 1.54) is 0 Å². The first-order valence-electron chi connectivity index (χ1n) is 8.13. The second-order valence-electron chi connectivity index (χ2n) is 5.89. The highest BCUT2D eigenvalue weighted by atomic mass is 16.5. The number of methoxy groups -OCH3 is 1. The topological polar surface area (TPSA) is 58.4 Å². The van der Waals surface area contributed by atoms with Gasteiger partial charge < -0.3 is 14.4 Å². The second-order valence-corrected chi connectivity index (χ2v) is 5.89. The summed E-state index contributed by atoms with van der Waals surface area (Å²) in [6.07, 6.45) is 2.14. The fraction of sp³-hybridized carbons (Fsp3) is 0.368. The minimum Gasteiger partial charge on any atom is -0.493 e. The lowest BCUT2D eigenvalue weighted by Crippen LogP contribution is -2.41. The molecule has 0 amide bonds. The normalized spacial score (nSPS) is 17.2. The lowest BCUT2D eigenvalue weighted by molar-refractivity contribution is 0.172. The van der Waals surface area contributed by atoms with Crippen LogP contribution in [0.3, 0.4) is 0 Å². The number of anilines is 1. The Hall–Kier alpha value is -2.74. The molecular weight excluding hydrogens is 302 g/mol. The van der Waals surface area contributed by atoms with Gasteiger partial charge in [0.2, 0.25) is 0 Å². The molecule has 0 aliphatic carbocycles. The molecule has 0 radical (unpaired) electrons. The largest absolute Gasteiger partial charge is 0.493 e. The van der Waals surface area contributed by atoms with Crippen LogP contribution in [-0.2, 0) is 0 Å². The second kappa shape index (κ2) is 7.22. The fourth-order valence-corrected chi connectivity index (χ4v) is 2.98. The molecule has 1 aliphatic rings. The molecule has 0 bridgehead atoms. The first-order chi connectivity index (χ1) is 11.7. The predicted molar refractivity (Wildman–Crippen MR) is 92.5 cm³/mol. The molecule has 3 rings (SSSR count). The van der Waals surface area contributed by atoms with Crippen molar-refractivity contribution in [2.75, 3.05) is 25.1 Å². The van der Waals surface area contributed by atoms with Gasteiger partial charge in [0.1, 0.15) is 18.0 Å². The van der Waals surface area contributed by atoms with Crippen molar-refractivity contribution in [2.24, 2.45) is 0 Å². The Kier molecular flexibility index (Phi) is 4.85. The van der Waals surface area contributed by atoms with Crippen LogP contribution in [0, 0.1) is 18.3 Å². The van der Waals surface area contributed by atoms with Crippen LogP contribution in [0.2, 0.25) is 0 Å². The highest BCUT2D eigenvalue weighted by molar-refractivity contribution is 5.46. The molecule has 2 aromatic rings. The summed E-state index contributed by atoms with van der Waals surface area (Å²) in [5.41, 5.74) is 1.39. The van der Waals surface area contributed by atoms with E-state index >= 15 is 0 Å². The van der Waals surface area contributed by atoms with Crippen LogP contribution < -0.4 is 14.4 Å². The van der Waals surface area contributed by atoms with Gasteiger partial charge in [-0.25, -0.2) is 4.98 Å². The van der Waals surface area contributed by atoms with Crippen molar-refractivity contribution in [3.05, 3.63) is 47.7 Å². The van der Waals surface area contributed by atoms with Gasteiger partial charge in [0.25, 0.3) is 0 Å². The highest BCUT2D eigenvalue weighted by Crippen LogP contribution is 2.29. The van der Waals surface area contributed by atoms with Crippen molar-refractivity contribution in [1.29, 1.82) is 5.26 Å². The van der Waals surface area contributed by atoms with Gasteiger partial charge in [0, 0.05) is 6.54 Å². The van der Waals surface area contributed by atoms with Crippen molar-refractivity contribution in [3.8, 4) is 17.6 Å². The molecule has 1 saturated heterocycles. The van der Waals surface area contributed by atoms with Crippen LogP contribution >= 0.6 is 0 Å². The zero-order valence-corrected chi connectivity index (χ0v) is 14.0. The lowest BCUT2D eigenvalue weighted by atomic mass is 10.1. The average Bonchev–Trinajstić information content (AvgIpc) is 2.62. The van der Waals surface area contributed by atoms with Crippen LogP contribution in [0.1, 0.15) is 24.1 Å². The molecule has 5 heteroatoms. The molecule has 1 aromatic carbocycles. The van der Waals surface area contributed by atoms with Crippen LogP contribution in [0.25, 0.3) is 0 Å². The number of piperidine rings is 1. The molecule has 0 spiro atoms. The Labute approximate surface area is 142 Å². The van der Waals surface area contributed by atoms with Gasteiger partial charge in [0.05, 0.1) is 24.9 Å². The number of aromatic nitrogens is 1. The zero-order chi connectivity index (χ0) is 16.9. The first-order valence-corrected chi connectivity index (χ1v) is 8.13. The van der Waals surface area contributed by atoms with E-state index in [1.807, 2.05) is 43.3 Å². The molecule has 5 nitrogen and oxygen atoms in total. The van der Waals surface area contributed by atoms with Crippen LogP contribution in [0.15, 0.2) is 36.4 Å². The fourth-order valence-electron chi connectivity index (χ4n) is 2.98. The van der Waals surface area contributed by atoms with Gasteiger partial charge in [-0.2, -0.15) is 5.26 Å². The molecular formula is C19H21N3O2. The Balaban J connectivity index is 1.73. The number of benzene rings is 1. The summed E-state index contributed by atoms with van der Waals surface area (Å²) in [6, 6.07) is 13.6. The first kappa shape index (κ1) is 16.1. The number of nitriles is 1. The predicted octanol–water partition coefficient (Wildman–Crippen LogP) is 3.32. The van der Waals surface area contributed by atoms with Gasteiger partial charge in [-0.15, -0.1) is 0 Å². The summed E-state index contributed by atoms with van der Waals surface area (Å²) in [5, 5.41) is 9.04. The lowest BCUT2D eigenvalue weighted by Gasteiger charge is -2.34. The van der Waals surface area contributed by atoms with E-state index in [1.54, 1.807) is 7.11 Å². The molecule has 0 saturated carbocycles. The van der Waals surface area contributed by atoms with Crippen LogP contribution in [-0.4, -0.2) is 31.3 Å². The molecule has 0 unspecified atom stereocenters. The minimum absolute atomic E-state index is 0.0906. The Bertz CT molecular complexity index is 755. The van der Waals surface area contributed by atoms with Gasteiger partial charge in [-0.1, -0.05) is 12.1 Å². The standard InChI is InChI=1S/C19H21N3O2/c1-14-15(12-20)9-10-19(21-14)22-11-5-6-16(13-22)24-18-8-4-3-7-17(18)23-2/h3-4,7-10,16H,5-6,11,13H2,1-2H3/t16-/m0/s1. The van der Waals surface area contributed by atoms with Crippen molar-refractivity contribution < 1.29 is 9.47 Å². The molecule has 1 fully saturated rings. The Morgan fingerprint density at radius 1 is 1.21 bits per heavy atom. The number of para-hydroxylation sites is 2. The third-order valence-corrected chi connectivity index (χ3v) is 4.26. The van der Waals surface area contributed by atoms with E-state index in [-0.39, 0.29) is 6.10 Å². The molecule has 2 heterocycles. The maximum absolute atomic E-state index is 9.04. The summed E-state index contributed by atoms with van der Waals surface area (Å²) in [4.78, 5) is 6.79. The molecule has 1 aromatic heterocycles. The minimum atomic E-state index is 0.0906. The quantitative estimate of drug-likeness (QED) is 0.864. The van der Waals surface area contributed by atoms with E-state index in [2.05, 4.69) is 16.0 Å². The average molecular weight is 323 g/mol. The number of rotatable bonds is 4. The maximum atomic E-state index is 9.04. The molecule has 124 valence electrons. The van der Waals surface area contributed by atoms with E-state index in [0.29, 0.717) is 5.56 Å². The third-order valence-electron chi connectivity index (χ3n) is 4.26. The summed E-state index contributed by atoms with van der Waals surface area (Å²) >= 11 is 0. The van der Waals surface area contributed by atoms with Crippen LogP contribution in [0.4, 0.5) is 5.82 Å². The number of hydrogen-bond donors (Lipinski definition) is 0. The number of hydrogen-bond acceptors (Lipinski definition) is 5. The van der Waals surface area contributed by atoms with Crippen molar-refractivity contribution >= 4 is 5.82 Å². The van der Waals surface area contributed by atoms with Crippen LogP contribution in [0.5, 0.6) is 11.5 Å². The van der Waals surface area contributed by atoms with Gasteiger partial charge >= 0.3 is 0 Å². The summed E-state index contributed by atoms with van der Waals surface area (Å²) in [6.45, 7) is 3.59. The molecule has 0 N–H and O–H groups in total. The summed E-state index contributed by atoms with van der Waals surface area (Å²) in [5.74, 6) is 2.43. The van der Waals surface area contributed by atoms with Gasteiger partial charge in [0.15, 0.2) is 11.5 Å². The van der Waals surface area contributed by atoms with E-state index in [9.17, 15) is 0 Å². The number of nitrogens with zero attached hydrogens (tertiary/aromatic N) is 3. The number of aryl methyl sites for hydroxylation is 1. The Morgan fingerprint density at radius 2 is 2.00 bits per heavy atom. The van der Waals surface area contributed by atoms with Gasteiger partial charge in [-0.3, -0.25) is 0 Å². The molecule has 1 atom stereocenters. The van der Waals surface area contributed by atoms with E-state index in [4.69, 9.17) is 14.7 Å². The Morgan fingerprint density at radius 3 is 2.71 bits per heavy atom. The zero-order valence-electron chi connectivity index (χ0n) is 14.0. The molecule has 24 heavy (non-hydrogen) atoms. The smallest absolute Gasteiger partial charge is 0.161 e. The van der Waals surface area contributed by atoms with Crippen molar-refractivity contribution in [1.82, 2.24) is 4.98 Å². The van der Waals surface area contributed by atoms with Crippen molar-refractivity contribution in [2.45, 2.75) is 25.9 Å². The van der Waals surface area contributed by atoms with Gasteiger partial charge in [-0.05, 0) is 44.0 Å². The summed E-state index contributed by atoms with van der Waals surface area (Å²) in [7, 11) is 1.65.